The highest BCUT2D eigenvalue weighted by Crippen LogP contribution is 2.29. The van der Waals surface area contributed by atoms with Gasteiger partial charge < -0.3 is 24.6 Å². The lowest BCUT2D eigenvalue weighted by molar-refractivity contribution is -0.124. The Bertz CT molecular complexity index is 1420. The van der Waals surface area contributed by atoms with Crippen molar-refractivity contribution in [2.75, 3.05) is 26.7 Å². The SMILES string of the molecule is Cc1ccc2cc1Oc1cccc(c1)CO[C@@H]1CCN(C(=O)c3csc(C(C)C)c3)C[C@@H]1NC(=O)CN(C)C2=O. The summed E-state index contributed by atoms with van der Waals surface area (Å²) in [6.07, 6.45) is 0.280. The van der Waals surface area contributed by atoms with E-state index in [-0.39, 0.29) is 30.4 Å². The molecule has 2 aliphatic heterocycles. The smallest absolute Gasteiger partial charge is 0.254 e. The van der Waals surface area contributed by atoms with Crippen LogP contribution in [0.15, 0.2) is 53.9 Å². The summed E-state index contributed by atoms with van der Waals surface area (Å²) in [7, 11) is 1.60. The summed E-state index contributed by atoms with van der Waals surface area (Å²) >= 11 is 1.59. The number of hydrogen-bond acceptors (Lipinski definition) is 6. The van der Waals surface area contributed by atoms with Crippen LogP contribution in [-0.4, -0.2) is 66.3 Å². The van der Waals surface area contributed by atoms with E-state index in [0.717, 1.165) is 11.1 Å². The Hall–Kier alpha value is -3.69. The van der Waals surface area contributed by atoms with Crippen LogP contribution in [0.3, 0.4) is 0 Å². The summed E-state index contributed by atoms with van der Waals surface area (Å²) in [5.41, 5.74) is 2.93. The van der Waals surface area contributed by atoms with E-state index in [9.17, 15) is 14.4 Å². The van der Waals surface area contributed by atoms with Gasteiger partial charge in [-0.2, -0.15) is 0 Å². The van der Waals surface area contributed by atoms with E-state index >= 15 is 0 Å². The molecule has 0 aliphatic carbocycles. The number of carbonyl (C=O) groups excluding carboxylic acids is 3. The fraction of sp³-hybridized carbons (Fsp3) is 0.387. The maximum atomic E-state index is 13.4. The van der Waals surface area contributed by atoms with E-state index in [1.807, 2.05) is 48.7 Å². The molecule has 40 heavy (non-hydrogen) atoms. The van der Waals surface area contributed by atoms with E-state index < -0.39 is 6.04 Å². The second kappa shape index (κ2) is 11.8. The minimum Gasteiger partial charge on any atom is -0.457 e. The average molecular weight is 562 g/mol. The third-order valence-corrected chi connectivity index (χ3v) is 8.60. The van der Waals surface area contributed by atoms with Crippen molar-refractivity contribution >= 4 is 29.1 Å². The first kappa shape index (κ1) is 27.9. The Labute approximate surface area is 238 Å². The Morgan fingerprint density at radius 2 is 1.95 bits per heavy atom. The number of ether oxygens (including phenoxy) is 2. The van der Waals surface area contributed by atoms with Crippen molar-refractivity contribution < 1.29 is 23.9 Å². The molecule has 4 bridgehead atoms. The lowest BCUT2D eigenvalue weighted by atomic mass is 10.0. The minimum absolute atomic E-state index is 0.0460. The van der Waals surface area contributed by atoms with Crippen LogP contribution >= 0.6 is 11.3 Å². The molecule has 1 fully saturated rings. The number of hydrogen-bond donors (Lipinski definition) is 1. The monoisotopic (exact) mass is 561 g/mol. The summed E-state index contributed by atoms with van der Waals surface area (Å²) in [6, 6.07) is 14.5. The van der Waals surface area contributed by atoms with Gasteiger partial charge >= 0.3 is 0 Å². The van der Waals surface area contributed by atoms with E-state index in [0.29, 0.717) is 54.7 Å². The van der Waals surface area contributed by atoms with Crippen LogP contribution in [0.2, 0.25) is 0 Å². The number of rotatable bonds is 2. The fourth-order valence-electron chi connectivity index (χ4n) is 5.04. The highest BCUT2D eigenvalue weighted by molar-refractivity contribution is 7.10. The minimum atomic E-state index is -0.421. The molecule has 2 aliphatic rings. The van der Waals surface area contributed by atoms with Gasteiger partial charge in [-0.25, -0.2) is 0 Å². The van der Waals surface area contributed by atoms with Crippen LogP contribution in [0.25, 0.3) is 0 Å². The molecule has 3 aromatic rings. The Kier molecular flexibility index (Phi) is 8.23. The summed E-state index contributed by atoms with van der Waals surface area (Å²) in [6.45, 7) is 7.20. The van der Waals surface area contributed by atoms with Gasteiger partial charge in [-0.1, -0.05) is 32.0 Å². The number of fused-ring (bicyclic) bond motifs is 5. The highest BCUT2D eigenvalue weighted by atomic mass is 32.1. The molecule has 9 heteroatoms. The number of likely N-dealkylation sites (tertiary alicyclic amines) is 1. The molecule has 3 heterocycles. The first-order valence-corrected chi connectivity index (χ1v) is 14.5. The number of thiophene rings is 1. The van der Waals surface area contributed by atoms with Crippen LogP contribution in [0.4, 0.5) is 0 Å². The number of nitrogens with zero attached hydrogens (tertiary/aromatic N) is 2. The van der Waals surface area contributed by atoms with Gasteiger partial charge in [0.1, 0.15) is 11.5 Å². The van der Waals surface area contributed by atoms with Gasteiger partial charge in [0.25, 0.3) is 11.8 Å². The Balaban J connectivity index is 1.40. The standard InChI is InChI=1S/C31H35N3O5S/c1-19(2)28-14-23(18-40-28)31(37)34-11-10-26-25(15-34)32-29(35)16-33(4)30(36)22-9-8-20(3)27(13-22)39-24-7-5-6-21(12-24)17-38-26/h5-9,12-14,18-19,25-26H,10-11,15-17H2,1-4H3,(H,32,35)/t25-,26+/m0/s1. The van der Waals surface area contributed by atoms with Crippen LogP contribution < -0.4 is 10.1 Å². The van der Waals surface area contributed by atoms with Crippen molar-refractivity contribution in [3.63, 3.8) is 0 Å². The van der Waals surface area contributed by atoms with E-state index in [2.05, 4.69) is 19.2 Å². The molecule has 2 atom stereocenters. The topological polar surface area (TPSA) is 88.2 Å². The van der Waals surface area contributed by atoms with E-state index in [1.165, 1.54) is 9.78 Å². The van der Waals surface area contributed by atoms with Gasteiger partial charge in [0.05, 0.1) is 30.9 Å². The first-order valence-electron chi connectivity index (χ1n) is 13.6. The lowest BCUT2D eigenvalue weighted by Crippen LogP contribution is -2.58. The van der Waals surface area contributed by atoms with E-state index in [1.54, 1.807) is 35.4 Å². The lowest BCUT2D eigenvalue weighted by Gasteiger charge is -2.39. The Morgan fingerprint density at radius 1 is 1.12 bits per heavy atom. The number of aryl methyl sites for hydroxylation is 1. The molecule has 1 aromatic heterocycles. The highest BCUT2D eigenvalue weighted by Gasteiger charge is 2.34. The van der Waals surface area contributed by atoms with Crippen LogP contribution in [0, 0.1) is 6.92 Å². The molecule has 0 saturated carbocycles. The fourth-order valence-corrected chi connectivity index (χ4v) is 5.93. The molecular weight excluding hydrogens is 526 g/mol. The van der Waals surface area contributed by atoms with Crippen molar-refractivity contribution in [2.45, 2.75) is 51.9 Å². The molecule has 0 radical (unpaired) electrons. The number of piperidine rings is 1. The van der Waals surface area contributed by atoms with Crippen LogP contribution in [0.1, 0.15) is 62.9 Å². The summed E-state index contributed by atoms with van der Waals surface area (Å²) in [5.74, 6) is 0.947. The number of benzene rings is 2. The summed E-state index contributed by atoms with van der Waals surface area (Å²) < 4.78 is 12.5. The number of amides is 3. The average Bonchev–Trinajstić information content (AvgIpc) is 3.43. The van der Waals surface area contributed by atoms with Crippen LogP contribution in [-0.2, 0) is 16.1 Å². The van der Waals surface area contributed by atoms with Gasteiger partial charge in [-0.15, -0.1) is 11.3 Å². The molecule has 210 valence electrons. The molecule has 3 amide bonds. The van der Waals surface area contributed by atoms with Crippen molar-refractivity contribution in [3.05, 3.63) is 81.0 Å². The Morgan fingerprint density at radius 3 is 2.73 bits per heavy atom. The zero-order valence-electron chi connectivity index (χ0n) is 23.3. The predicted molar refractivity (Wildman–Crippen MR) is 154 cm³/mol. The quantitative estimate of drug-likeness (QED) is 0.477. The zero-order chi connectivity index (χ0) is 28.4. The number of nitrogens with one attached hydrogen (secondary N) is 1. The first-order chi connectivity index (χ1) is 19.2. The zero-order valence-corrected chi connectivity index (χ0v) is 24.1. The van der Waals surface area contributed by atoms with Crippen LogP contribution in [0.5, 0.6) is 11.5 Å². The van der Waals surface area contributed by atoms with Crippen molar-refractivity contribution in [1.82, 2.24) is 15.1 Å². The second-order valence-electron chi connectivity index (χ2n) is 10.8. The third kappa shape index (κ3) is 6.21. The maximum Gasteiger partial charge on any atom is 0.254 e. The van der Waals surface area contributed by atoms with Crippen molar-refractivity contribution in [3.8, 4) is 11.5 Å². The molecule has 2 aromatic carbocycles. The molecule has 5 rings (SSSR count). The molecule has 0 unspecified atom stereocenters. The van der Waals surface area contributed by atoms with E-state index in [4.69, 9.17) is 9.47 Å². The largest absolute Gasteiger partial charge is 0.457 e. The van der Waals surface area contributed by atoms with Crippen molar-refractivity contribution in [2.24, 2.45) is 0 Å². The number of likely N-dealkylation sites (N-methyl/N-ethyl adjacent to an activating group) is 1. The van der Waals surface area contributed by atoms with Gasteiger partial charge in [-0.3, -0.25) is 14.4 Å². The summed E-state index contributed by atoms with van der Waals surface area (Å²) in [4.78, 5) is 44.0. The molecule has 0 spiro atoms. The number of carbonyl (C=O) groups is 3. The normalized spacial score (nSPS) is 20.1. The predicted octanol–water partition coefficient (Wildman–Crippen LogP) is 4.97. The van der Waals surface area contributed by atoms with Gasteiger partial charge in [0.15, 0.2) is 0 Å². The summed E-state index contributed by atoms with van der Waals surface area (Å²) in [5, 5.41) is 4.97. The molecule has 1 N–H and O–H groups in total. The van der Waals surface area contributed by atoms with Gasteiger partial charge in [-0.05, 0) is 60.7 Å². The maximum absolute atomic E-state index is 13.4. The van der Waals surface area contributed by atoms with Crippen molar-refractivity contribution in [1.29, 1.82) is 0 Å². The van der Waals surface area contributed by atoms with Gasteiger partial charge in [0.2, 0.25) is 5.91 Å². The molecular formula is C31H35N3O5S. The molecule has 1 saturated heterocycles. The molecule has 8 nitrogen and oxygen atoms in total. The van der Waals surface area contributed by atoms with Gasteiger partial charge in [0, 0.05) is 36.0 Å². The second-order valence-corrected chi connectivity index (χ2v) is 11.8. The third-order valence-electron chi connectivity index (χ3n) is 7.37.